The third kappa shape index (κ3) is 5.84. The van der Waals surface area contributed by atoms with Crippen molar-refractivity contribution in [1.29, 1.82) is 0 Å². The average molecular weight is 520 g/mol. The summed E-state index contributed by atoms with van der Waals surface area (Å²) in [5, 5.41) is 6.46. The SMILES string of the molecule is CCc1cc(Nc2cc(NC(=O)c3c(Cl)cccc3Cl)ccn2)nc(C2CCS(=O)(=O)CC2)n1. The van der Waals surface area contributed by atoms with E-state index in [2.05, 4.69) is 25.6 Å². The van der Waals surface area contributed by atoms with E-state index in [0.717, 1.165) is 5.69 Å². The van der Waals surface area contributed by atoms with Gasteiger partial charge in [-0.2, -0.15) is 0 Å². The average Bonchev–Trinajstić information content (AvgIpc) is 2.79. The van der Waals surface area contributed by atoms with Crippen LogP contribution in [0.3, 0.4) is 0 Å². The molecule has 1 aliphatic rings. The number of benzene rings is 1. The van der Waals surface area contributed by atoms with Gasteiger partial charge in [-0.05, 0) is 37.5 Å². The number of hydrogen-bond donors (Lipinski definition) is 2. The van der Waals surface area contributed by atoms with Gasteiger partial charge in [0.15, 0.2) is 0 Å². The molecular formula is C23H23Cl2N5O3S. The zero-order valence-electron chi connectivity index (χ0n) is 18.4. The van der Waals surface area contributed by atoms with Gasteiger partial charge in [-0.15, -0.1) is 0 Å². The van der Waals surface area contributed by atoms with Crippen LogP contribution in [0, 0.1) is 0 Å². The van der Waals surface area contributed by atoms with E-state index in [1.165, 1.54) is 0 Å². The number of rotatable bonds is 6. The molecule has 1 fully saturated rings. The monoisotopic (exact) mass is 519 g/mol. The highest BCUT2D eigenvalue weighted by molar-refractivity contribution is 7.91. The van der Waals surface area contributed by atoms with Crippen LogP contribution in [0.1, 0.15) is 47.6 Å². The number of nitrogens with zero attached hydrogens (tertiary/aromatic N) is 3. The second kappa shape index (κ2) is 10.2. The molecule has 0 atom stereocenters. The molecule has 0 aliphatic carbocycles. The zero-order valence-corrected chi connectivity index (χ0v) is 20.7. The highest BCUT2D eigenvalue weighted by Crippen LogP contribution is 2.29. The lowest BCUT2D eigenvalue weighted by Crippen LogP contribution is -2.23. The summed E-state index contributed by atoms with van der Waals surface area (Å²) in [6, 6.07) is 10.0. The third-order valence-electron chi connectivity index (χ3n) is 5.54. The Labute approximate surface area is 208 Å². The van der Waals surface area contributed by atoms with E-state index in [0.29, 0.717) is 42.4 Å². The number of sulfone groups is 1. The molecule has 8 nitrogen and oxygen atoms in total. The Morgan fingerprint density at radius 1 is 1.06 bits per heavy atom. The Morgan fingerprint density at radius 2 is 1.76 bits per heavy atom. The maximum atomic E-state index is 12.7. The van der Waals surface area contributed by atoms with Crippen LogP contribution in [0.25, 0.3) is 0 Å². The third-order valence-corrected chi connectivity index (χ3v) is 7.89. The largest absolute Gasteiger partial charge is 0.325 e. The second-order valence-corrected chi connectivity index (χ2v) is 11.1. The van der Waals surface area contributed by atoms with Crippen molar-refractivity contribution in [1.82, 2.24) is 15.0 Å². The summed E-state index contributed by atoms with van der Waals surface area (Å²) in [5.41, 5.74) is 1.54. The van der Waals surface area contributed by atoms with Crippen molar-refractivity contribution in [2.75, 3.05) is 22.1 Å². The van der Waals surface area contributed by atoms with Crippen LogP contribution >= 0.6 is 23.2 Å². The number of nitrogens with one attached hydrogen (secondary N) is 2. The summed E-state index contributed by atoms with van der Waals surface area (Å²) >= 11 is 12.3. The molecule has 2 aromatic heterocycles. The summed E-state index contributed by atoms with van der Waals surface area (Å²) in [7, 11) is -2.97. The molecule has 178 valence electrons. The van der Waals surface area contributed by atoms with Crippen LogP contribution in [-0.4, -0.2) is 40.8 Å². The van der Waals surface area contributed by atoms with Gasteiger partial charge in [-0.3, -0.25) is 4.79 Å². The first-order valence-electron chi connectivity index (χ1n) is 10.8. The molecule has 3 aromatic rings. The molecule has 0 saturated carbocycles. The molecule has 4 rings (SSSR count). The van der Waals surface area contributed by atoms with E-state index in [1.54, 1.807) is 36.5 Å². The van der Waals surface area contributed by atoms with Gasteiger partial charge in [-0.25, -0.2) is 23.4 Å². The maximum absolute atomic E-state index is 12.7. The van der Waals surface area contributed by atoms with Crippen molar-refractivity contribution in [3.8, 4) is 0 Å². The molecule has 11 heteroatoms. The van der Waals surface area contributed by atoms with E-state index < -0.39 is 15.7 Å². The van der Waals surface area contributed by atoms with E-state index >= 15 is 0 Å². The summed E-state index contributed by atoms with van der Waals surface area (Å²) in [6.45, 7) is 2.00. The van der Waals surface area contributed by atoms with Crippen molar-refractivity contribution in [2.45, 2.75) is 32.1 Å². The first-order valence-corrected chi connectivity index (χ1v) is 13.4. The molecule has 0 unspecified atom stereocenters. The van der Waals surface area contributed by atoms with E-state index in [1.807, 2.05) is 13.0 Å². The van der Waals surface area contributed by atoms with E-state index in [-0.39, 0.29) is 33.0 Å². The molecule has 0 spiro atoms. The number of hydrogen-bond acceptors (Lipinski definition) is 7. The van der Waals surface area contributed by atoms with E-state index in [9.17, 15) is 13.2 Å². The number of aromatic nitrogens is 3. The topological polar surface area (TPSA) is 114 Å². The predicted molar refractivity (Wildman–Crippen MR) is 134 cm³/mol. The Bertz CT molecular complexity index is 1300. The standard InChI is InChI=1S/C23H23Cl2N5O3S/c1-2-15-12-20(30-22(27-15)14-7-10-34(32,33)11-8-14)29-19-13-16(6-9-26-19)28-23(31)21-17(24)4-3-5-18(21)25/h3-6,9,12-14H,2,7-8,10-11H2,1H3,(H2,26,27,28,29,30,31). The molecule has 1 aliphatic heterocycles. The Hall–Kier alpha value is -2.75. The number of carbonyl (C=O) groups excluding carboxylic acids is 1. The molecule has 1 aromatic carbocycles. The van der Waals surface area contributed by atoms with Gasteiger partial charge in [-0.1, -0.05) is 36.2 Å². The Morgan fingerprint density at radius 3 is 2.44 bits per heavy atom. The predicted octanol–water partition coefficient (Wildman–Crippen LogP) is 5.03. The van der Waals surface area contributed by atoms with Crippen molar-refractivity contribution in [3.05, 3.63) is 69.7 Å². The van der Waals surface area contributed by atoms with Crippen LogP contribution in [0.5, 0.6) is 0 Å². The first-order chi connectivity index (χ1) is 16.2. The maximum Gasteiger partial charge on any atom is 0.258 e. The van der Waals surface area contributed by atoms with Crippen molar-refractivity contribution < 1.29 is 13.2 Å². The van der Waals surface area contributed by atoms with Crippen molar-refractivity contribution in [2.24, 2.45) is 0 Å². The molecule has 1 amide bonds. The molecular weight excluding hydrogens is 497 g/mol. The highest BCUT2D eigenvalue weighted by Gasteiger charge is 2.27. The van der Waals surface area contributed by atoms with Gasteiger partial charge in [0.05, 0.1) is 27.1 Å². The first kappa shape index (κ1) is 24.4. The van der Waals surface area contributed by atoms with Gasteiger partial charge in [0.1, 0.15) is 27.3 Å². The van der Waals surface area contributed by atoms with Gasteiger partial charge in [0, 0.05) is 35.6 Å². The molecule has 34 heavy (non-hydrogen) atoms. The molecule has 0 bridgehead atoms. The molecule has 0 radical (unpaired) electrons. The van der Waals surface area contributed by atoms with Gasteiger partial charge < -0.3 is 10.6 Å². The minimum absolute atomic E-state index is 0.00507. The van der Waals surface area contributed by atoms with Gasteiger partial charge >= 0.3 is 0 Å². The van der Waals surface area contributed by atoms with E-state index in [4.69, 9.17) is 23.2 Å². The van der Waals surface area contributed by atoms with Crippen LogP contribution in [0.4, 0.5) is 17.3 Å². The van der Waals surface area contributed by atoms with Gasteiger partial charge in [0.2, 0.25) is 0 Å². The lowest BCUT2D eigenvalue weighted by atomic mass is 10.0. The summed E-state index contributed by atoms with van der Waals surface area (Å²) in [5.74, 6) is 1.53. The number of aryl methyl sites for hydroxylation is 1. The highest BCUT2D eigenvalue weighted by atomic mass is 35.5. The zero-order chi connectivity index (χ0) is 24.3. The summed E-state index contributed by atoms with van der Waals surface area (Å²) in [6.07, 6.45) is 3.29. The fraction of sp³-hybridized carbons (Fsp3) is 0.304. The quantitative estimate of drug-likeness (QED) is 0.469. The van der Waals surface area contributed by atoms with Crippen LogP contribution in [0.15, 0.2) is 42.6 Å². The minimum atomic E-state index is -2.97. The number of anilines is 3. The second-order valence-electron chi connectivity index (χ2n) is 7.99. The molecule has 2 N–H and O–H groups in total. The summed E-state index contributed by atoms with van der Waals surface area (Å²) < 4.78 is 23.6. The number of amides is 1. The van der Waals surface area contributed by atoms with Crippen LogP contribution in [0.2, 0.25) is 10.0 Å². The number of halogens is 2. The molecule has 3 heterocycles. The van der Waals surface area contributed by atoms with Crippen molar-refractivity contribution in [3.63, 3.8) is 0 Å². The smallest absolute Gasteiger partial charge is 0.258 e. The normalized spacial score (nSPS) is 15.6. The van der Waals surface area contributed by atoms with Crippen molar-refractivity contribution >= 4 is 56.3 Å². The Balaban J connectivity index is 1.53. The fourth-order valence-corrected chi connectivity index (χ4v) is 5.77. The van der Waals surface area contributed by atoms with Gasteiger partial charge in [0.25, 0.3) is 5.91 Å². The fourth-order valence-electron chi connectivity index (χ4n) is 3.71. The van der Waals surface area contributed by atoms with Crippen LogP contribution < -0.4 is 10.6 Å². The lowest BCUT2D eigenvalue weighted by Gasteiger charge is -2.21. The lowest BCUT2D eigenvalue weighted by molar-refractivity contribution is 0.102. The minimum Gasteiger partial charge on any atom is -0.325 e. The number of pyridine rings is 1. The number of carbonyl (C=O) groups is 1. The van der Waals surface area contributed by atoms with Crippen LogP contribution in [-0.2, 0) is 16.3 Å². The summed E-state index contributed by atoms with van der Waals surface area (Å²) in [4.78, 5) is 26.3. The Kier molecular flexibility index (Phi) is 7.35. The molecule has 1 saturated heterocycles.